The van der Waals surface area contributed by atoms with Crippen molar-refractivity contribution in [1.29, 1.82) is 0 Å². The summed E-state index contributed by atoms with van der Waals surface area (Å²) in [5.74, 6) is 1.57. The summed E-state index contributed by atoms with van der Waals surface area (Å²) in [5.41, 5.74) is 8.55. The van der Waals surface area contributed by atoms with Crippen LogP contribution in [-0.2, 0) is 13.2 Å². The van der Waals surface area contributed by atoms with E-state index in [4.69, 9.17) is 15.2 Å². The van der Waals surface area contributed by atoms with E-state index in [9.17, 15) is 0 Å². The number of ether oxygens (including phenoxy) is 2. The largest absolute Gasteiger partial charge is 0.493 e. The van der Waals surface area contributed by atoms with E-state index < -0.39 is 0 Å². The summed E-state index contributed by atoms with van der Waals surface area (Å²) >= 11 is 0. The van der Waals surface area contributed by atoms with Crippen LogP contribution in [0.1, 0.15) is 24.5 Å². The van der Waals surface area contributed by atoms with E-state index in [1.165, 1.54) is 5.56 Å². The minimum Gasteiger partial charge on any atom is -0.493 e. The monoisotopic (exact) mass is 340 g/mol. The van der Waals surface area contributed by atoms with Gasteiger partial charge in [0.25, 0.3) is 0 Å². The van der Waals surface area contributed by atoms with Crippen molar-refractivity contribution >= 4 is 0 Å². The Kier molecular flexibility index (Phi) is 5.61. The van der Waals surface area contributed by atoms with Gasteiger partial charge in [0.05, 0.1) is 7.11 Å². The highest BCUT2D eigenvalue weighted by Gasteiger charge is 2.32. The molecule has 3 rings (SSSR count). The topological polar surface area (TPSA) is 47.7 Å². The van der Waals surface area contributed by atoms with Gasteiger partial charge in [-0.2, -0.15) is 0 Å². The lowest BCUT2D eigenvalue weighted by Crippen LogP contribution is -2.31. The maximum Gasteiger partial charge on any atom is 0.161 e. The minimum absolute atomic E-state index is 0.249. The van der Waals surface area contributed by atoms with E-state index in [-0.39, 0.29) is 5.41 Å². The van der Waals surface area contributed by atoms with Crippen LogP contribution in [0.2, 0.25) is 0 Å². The molecule has 0 spiro atoms. The summed E-state index contributed by atoms with van der Waals surface area (Å²) in [7, 11) is 1.68. The Bertz CT molecular complexity index is 690. The summed E-state index contributed by atoms with van der Waals surface area (Å²) in [4.78, 5) is 2.47. The van der Waals surface area contributed by atoms with E-state index in [2.05, 4.69) is 36.1 Å². The van der Waals surface area contributed by atoms with Crippen molar-refractivity contribution in [3.05, 3.63) is 59.7 Å². The van der Waals surface area contributed by atoms with Gasteiger partial charge in [0, 0.05) is 13.1 Å². The Morgan fingerprint density at radius 3 is 2.56 bits per heavy atom. The van der Waals surface area contributed by atoms with Gasteiger partial charge in [0.15, 0.2) is 11.5 Å². The fourth-order valence-corrected chi connectivity index (χ4v) is 3.35. The van der Waals surface area contributed by atoms with Crippen molar-refractivity contribution in [3.8, 4) is 11.5 Å². The second-order valence-electron chi connectivity index (χ2n) is 7.23. The number of methoxy groups -OCH3 is 1. The smallest absolute Gasteiger partial charge is 0.161 e. The standard InChI is InChI=1S/C21H28N2O2/c1-21(15-22)10-11-23(16-21)13-18-8-9-19(24-2)20(12-18)25-14-17-6-4-3-5-7-17/h3-9,12H,10-11,13-16,22H2,1-2H3. The molecule has 134 valence electrons. The molecular weight excluding hydrogens is 312 g/mol. The number of nitrogens with zero attached hydrogens (tertiary/aromatic N) is 1. The van der Waals surface area contributed by atoms with Crippen molar-refractivity contribution in [2.24, 2.45) is 11.1 Å². The van der Waals surface area contributed by atoms with Crippen LogP contribution in [0.25, 0.3) is 0 Å². The van der Waals surface area contributed by atoms with Gasteiger partial charge in [-0.1, -0.05) is 43.3 Å². The second-order valence-corrected chi connectivity index (χ2v) is 7.23. The van der Waals surface area contributed by atoms with Crippen LogP contribution in [0.5, 0.6) is 11.5 Å². The molecule has 2 N–H and O–H groups in total. The number of hydrogen-bond acceptors (Lipinski definition) is 4. The lowest BCUT2D eigenvalue weighted by molar-refractivity contribution is 0.270. The molecule has 1 aliphatic heterocycles. The Morgan fingerprint density at radius 1 is 1.08 bits per heavy atom. The third-order valence-corrected chi connectivity index (χ3v) is 5.00. The van der Waals surface area contributed by atoms with Gasteiger partial charge in [-0.3, -0.25) is 4.90 Å². The molecule has 0 aromatic heterocycles. The first-order valence-electron chi connectivity index (χ1n) is 8.88. The fourth-order valence-electron chi connectivity index (χ4n) is 3.35. The molecule has 1 unspecified atom stereocenters. The summed E-state index contributed by atoms with van der Waals surface area (Å²) in [6.07, 6.45) is 1.16. The maximum absolute atomic E-state index is 6.02. The first-order valence-corrected chi connectivity index (χ1v) is 8.88. The molecule has 0 aliphatic carbocycles. The van der Waals surface area contributed by atoms with E-state index in [1.54, 1.807) is 7.11 Å². The molecule has 0 saturated carbocycles. The van der Waals surface area contributed by atoms with Crippen molar-refractivity contribution in [3.63, 3.8) is 0 Å². The zero-order valence-electron chi connectivity index (χ0n) is 15.2. The molecule has 4 heteroatoms. The molecule has 1 aliphatic rings. The number of nitrogens with two attached hydrogens (primary N) is 1. The Morgan fingerprint density at radius 2 is 1.88 bits per heavy atom. The van der Waals surface area contributed by atoms with Crippen molar-refractivity contribution in [2.45, 2.75) is 26.5 Å². The fraction of sp³-hybridized carbons (Fsp3) is 0.429. The average molecular weight is 340 g/mol. The normalized spacial score (nSPS) is 20.6. The zero-order chi connectivity index (χ0) is 17.7. The maximum atomic E-state index is 6.02. The van der Waals surface area contributed by atoms with E-state index in [0.717, 1.165) is 49.7 Å². The van der Waals surface area contributed by atoms with Gasteiger partial charge in [-0.25, -0.2) is 0 Å². The number of hydrogen-bond donors (Lipinski definition) is 1. The van der Waals surface area contributed by atoms with Gasteiger partial charge in [0.2, 0.25) is 0 Å². The highest BCUT2D eigenvalue weighted by molar-refractivity contribution is 5.43. The van der Waals surface area contributed by atoms with Crippen molar-refractivity contribution in [2.75, 3.05) is 26.7 Å². The molecule has 25 heavy (non-hydrogen) atoms. The van der Waals surface area contributed by atoms with Crippen molar-refractivity contribution < 1.29 is 9.47 Å². The van der Waals surface area contributed by atoms with Gasteiger partial charge in [-0.05, 0) is 48.2 Å². The van der Waals surface area contributed by atoms with Gasteiger partial charge in [-0.15, -0.1) is 0 Å². The predicted octanol–water partition coefficient (Wildman–Crippen LogP) is 3.44. The molecule has 1 fully saturated rings. The number of benzene rings is 2. The molecule has 0 bridgehead atoms. The lowest BCUT2D eigenvalue weighted by Gasteiger charge is -2.23. The van der Waals surface area contributed by atoms with E-state index in [1.807, 2.05) is 24.3 Å². The van der Waals surface area contributed by atoms with Crippen molar-refractivity contribution in [1.82, 2.24) is 4.90 Å². The first-order chi connectivity index (χ1) is 12.1. The van der Waals surface area contributed by atoms with Gasteiger partial charge in [0.1, 0.15) is 6.61 Å². The first kappa shape index (κ1) is 17.8. The third-order valence-electron chi connectivity index (χ3n) is 5.00. The molecule has 0 amide bonds. The number of rotatable bonds is 7. The quantitative estimate of drug-likeness (QED) is 0.839. The third kappa shape index (κ3) is 4.53. The average Bonchev–Trinajstić information content (AvgIpc) is 3.02. The summed E-state index contributed by atoms with van der Waals surface area (Å²) in [5, 5.41) is 0. The van der Waals surface area contributed by atoms with E-state index >= 15 is 0 Å². The van der Waals surface area contributed by atoms with Crippen LogP contribution >= 0.6 is 0 Å². The summed E-state index contributed by atoms with van der Waals surface area (Å²) < 4.78 is 11.5. The lowest BCUT2D eigenvalue weighted by atomic mass is 9.90. The van der Waals surface area contributed by atoms with Crippen LogP contribution in [-0.4, -0.2) is 31.6 Å². The number of likely N-dealkylation sites (tertiary alicyclic amines) is 1. The minimum atomic E-state index is 0.249. The predicted molar refractivity (Wildman–Crippen MR) is 101 cm³/mol. The van der Waals surface area contributed by atoms with Crippen LogP contribution in [0.3, 0.4) is 0 Å². The van der Waals surface area contributed by atoms with Gasteiger partial charge >= 0.3 is 0 Å². The zero-order valence-corrected chi connectivity index (χ0v) is 15.2. The van der Waals surface area contributed by atoms with Crippen LogP contribution < -0.4 is 15.2 Å². The SMILES string of the molecule is COc1ccc(CN2CCC(C)(CN)C2)cc1OCc1ccccc1. The molecule has 2 aromatic rings. The highest BCUT2D eigenvalue weighted by atomic mass is 16.5. The Labute approximate surface area is 150 Å². The Hall–Kier alpha value is -2.04. The molecular formula is C21H28N2O2. The second kappa shape index (κ2) is 7.89. The summed E-state index contributed by atoms with van der Waals surface area (Å²) in [6, 6.07) is 16.4. The van der Waals surface area contributed by atoms with Crippen LogP contribution in [0, 0.1) is 5.41 Å². The molecule has 1 heterocycles. The molecule has 1 atom stereocenters. The highest BCUT2D eigenvalue weighted by Crippen LogP contribution is 2.32. The van der Waals surface area contributed by atoms with E-state index in [0.29, 0.717) is 6.61 Å². The Balaban J connectivity index is 1.67. The molecule has 0 radical (unpaired) electrons. The molecule has 2 aromatic carbocycles. The van der Waals surface area contributed by atoms with Crippen LogP contribution in [0.4, 0.5) is 0 Å². The molecule has 1 saturated heterocycles. The van der Waals surface area contributed by atoms with Crippen LogP contribution in [0.15, 0.2) is 48.5 Å². The molecule has 4 nitrogen and oxygen atoms in total. The van der Waals surface area contributed by atoms with Gasteiger partial charge < -0.3 is 15.2 Å². The summed E-state index contributed by atoms with van der Waals surface area (Å²) in [6.45, 7) is 6.62.